The van der Waals surface area contributed by atoms with Crippen molar-refractivity contribution >= 4 is 6.03 Å². The highest BCUT2D eigenvalue weighted by molar-refractivity contribution is 5.74. The lowest BCUT2D eigenvalue weighted by atomic mass is 10.1. The Hall–Kier alpha value is -2.40. The standard InChI is InChI=1S/C20H26FN3O/c1-23(2)14-15-24(16-18-10-6-7-11-19(18)21)20(25)22-13-12-17-8-4-3-5-9-17/h3-11H,12-16H2,1-2H3,(H,22,25). The molecule has 0 aliphatic carbocycles. The van der Waals surface area contributed by atoms with Crippen molar-refractivity contribution in [2.45, 2.75) is 13.0 Å². The lowest BCUT2D eigenvalue weighted by molar-refractivity contribution is 0.188. The van der Waals surface area contributed by atoms with Crippen LogP contribution in [0.2, 0.25) is 0 Å². The van der Waals surface area contributed by atoms with Gasteiger partial charge in [-0.1, -0.05) is 48.5 Å². The third-order valence-corrected chi connectivity index (χ3v) is 3.96. The van der Waals surface area contributed by atoms with Gasteiger partial charge >= 0.3 is 6.03 Å². The average Bonchev–Trinajstić information content (AvgIpc) is 2.60. The number of rotatable bonds is 8. The first-order valence-corrected chi connectivity index (χ1v) is 8.51. The van der Waals surface area contributed by atoms with Gasteiger partial charge in [0.15, 0.2) is 0 Å². The van der Waals surface area contributed by atoms with E-state index in [9.17, 15) is 9.18 Å². The number of carbonyl (C=O) groups is 1. The maximum absolute atomic E-state index is 13.9. The molecule has 0 fully saturated rings. The molecule has 1 N–H and O–H groups in total. The number of hydrogen-bond donors (Lipinski definition) is 1. The lowest BCUT2D eigenvalue weighted by Gasteiger charge is -2.25. The second kappa shape index (κ2) is 9.79. The number of likely N-dealkylation sites (N-methyl/N-ethyl adjacent to an activating group) is 1. The molecule has 0 radical (unpaired) electrons. The van der Waals surface area contributed by atoms with Gasteiger partial charge in [0.1, 0.15) is 5.82 Å². The summed E-state index contributed by atoms with van der Waals surface area (Å²) in [7, 11) is 3.91. The smallest absolute Gasteiger partial charge is 0.317 e. The van der Waals surface area contributed by atoms with Crippen LogP contribution in [0.15, 0.2) is 54.6 Å². The number of hydrogen-bond acceptors (Lipinski definition) is 2. The summed E-state index contributed by atoms with van der Waals surface area (Å²) in [5.74, 6) is -0.283. The molecule has 0 aliphatic rings. The predicted octanol–water partition coefficient (Wildman–Crippen LogP) is 3.14. The van der Waals surface area contributed by atoms with Gasteiger partial charge in [-0.15, -0.1) is 0 Å². The highest BCUT2D eigenvalue weighted by atomic mass is 19.1. The first kappa shape index (κ1) is 18.9. The Morgan fingerprint density at radius 2 is 1.68 bits per heavy atom. The number of halogens is 1. The molecule has 0 unspecified atom stereocenters. The number of nitrogens with one attached hydrogen (secondary N) is 1. The lowest BCUT2D eigenvalue weighted by Crippen LogP contribution is -2.43. The van der Waals surface area contributed by atoms with Crippen LogP contribution in [0.3, 0.4) is 0 Å². The summed E-state index contributed by atoms with van der Waals surface area (Å²) in [6.07, 6.45) is 0.772. The van der Waals surface area contributed by atoms with Gasteiger partial charge in [0.2, 0.25) is 0 Å². The molecule has 2 aromatic rings. The minimum atomic E-state index is -0.283. The maximum atomic E-state index is 13.9. The Balaban J connectivity index is 1.93. The summed E-state index contributed by atoms with van der Waals surface area (Å²) < 4.78 is 13.9. The van der Waals surface area contributed by atoms with Gasteiger partial charge in [-0.05, 0) is 32.1 Å². The van der Waals surface area contributed by atoms with Crippen LogP contribution in [-0.2, 0) is 13.0 Å². The largest absolute Gasteiger partial charge is 0.338 e. The van der Waals surface area contributed by atoms with E-state index in [2.05, 4.69) is 5.32 Å². The molecule has 0 saturated carbocycles. The number of urea groups is 1. The topological polar surface area (TPSA) is 35.6 Å². The van der Waals surface area contributed by atoms with E-state index in [4.69, 9.17) is 0 Å². The van der Waals surface area contributed by atoms with Crippen LogP contribution in [-0.4, -0.2) is 49.6 Å². The minimum absolute atomic E-state index is 0.166. The summed E-state index contributed by atoms with van der Waals surface area (Å²) in [4.78, 5) is 16.2. The van der Waals surface area contributed by atoms with Gasteiger partial charge in [0.05, 0.1) is 6.54 Å². The molecule has 25 heavy (non-hydrogen) atoms. The second-order valence-corrected chi connectivity index (χ2v) is 6.28. The van der Waals surface area contributed by atoms with Crippen LogP contribution < -0.4 is 5.32 Å². The van der Waals surface area contributed by atoms with Crippen molar-refractivity contribution in [3.8, 4) is 0 Å². The van der Waals surface area contributed by atoms with Crippen LogP contribution in [0.4, 0.5) is 9.18 Å². The fourth-order valence-electron chi connectivity index (χ4n) is 2.48. The Labute approximate surface area is 149 Å². The third kappa shape index (κ3) is 6.55. The van der Waals surface area contributed by atoms with E-state index in [1.54, 1.807) is 23.1 Å². The predicted molar refractivity (Wildman–Crippen MR) is 98.9 cm³/mol. The Kier molecular flexibility index (Phi) is 7.41. The molecule has 0 saturated heterocycles. The molecule has 5 heteroatoms. The second-order valence-electron chi connectivity index (χ2n) is 6.28. The monoisotopic (exact) mass is 343 g/mol. The summed E-state index contributed by atoms with van der Waals surface area (Å²) in [6.45, 7) is 2.08. The van der Waals surface area contributed by atoms with E-state index in [1.807, 2.05) is 49.3 Å². The highest BCUT2D eigenvalue weighted by Gasteiger charge is 2.15. The molecule has 0 aromatic heterocycles. The number of nitrogens with zero attached hydrogens (tertiary/aromatic N) is 2. The molecular formula is C20H26FN3O. The van der Waals surface area contributed by atoms with Crippen LogP contribution in [0.5, 0.6) is 0 Å². The molecule has 0 bridgehead atoms. The van der Waals surface area contributed by atoms with Crippen LogP contribution >= 0.6 is 0 Å². The summed E-state index contributed by atoms with van der Waals surface area (Å²) in [6, 6.07) is 16.4. The minimum Gasteiger partial charge on any atom is -0.338 e. The molecule has 0 atom stereocenters. The van der Waals surface area contributed by atoms with Crippen molar-refractivity contribution in [1.29, 1.82) is 0 Å². The Morgan fingerprint density at radius 3 is 2.36 bits per heavy atom. The van der Waals surface area contributed by atoms with Crippen molar-refractivity contribution in [3.05, 3.63) is 71.5 Å². The van der Waals surface area contributed by atoms with Crippen LogP contribution in [0.1, 0.15) is 11.1 Å². The molecule has 134 valence electrons. The van der Waals surface area contributed by atoms with Crippen molar-refractivity contribution in [2.75, 3.05) is 33.7 Å². The van der Waals surface area contributed by atoms with E-state index in [0.717, 1.165) is 13.0 Å². The van der Waals surface area contributed by atoms with Gasteiger partial charge in [-0.3, -0.25) is 0 Å². The first-order chi connectivity index (χ1) is 12.1. The normalized spacial score (nSPS) is 10.7. The van der Waals surface area contributed by atoms with Gasteiger partial charge in [0, 0.05) is 25.2 Å². The highest BCUT2D eigenvalue weighted by Crippen LogP contribution is 2.10. The molecule has 2 amide bonds. The van der Waals surface area contributed by atoms with Crippen molar-refractivity contribution in [3.63, 3.8) is 0 Å². The zero-order chi connectivity index (χ0) is 18.1. The van der Waals surface area contributed by atoms with E-state index in [-0.39, 0.29) is 18.4 Å². The maximum Gasteiger partial charge on any atom is 0.317 e. The van der Waals surface area contributed by atoms with Gasteiger partial charge in [0.25, 0.3) is 0 Å². The summed E-state index contributed by atoms with van der Waals surface area (Å²) >= 11 is 0. The molecule has 2 rings (SSSR count). The summed E-state index contributed by atoms with van der Waals surface area (Å²) in [5, 5.41) is 2.94. The first-order valence-electron chi connectivity index (χ1n) is 8.51. The van der Waals surface area contributed by atoms with Crippen molar-refractivity contribution < 1.29 is 9.18 Å². The number of carbonyl (C=O) groups excluding carboxylic acids is 1. The Morgan fingerprint density at radius 1 is 1.00 bits per heavy atom. The zero-order valence-electron chi connectivity index (χ0n) is 14.9. The van der Waals surface area contributed by atoms with E-state index >= 15 is 0 Å². The summed E-state index contributed by atoms with van der Waals surface area (Å²) in [5.41, 5.74) is 1.70. The van der Waals surface area contributed by atoms with Gasteiger partial charge in [-0.25, -0.2) is 9.18 Å². The van der Waals surface area contributed by atoms with Crippen molar-refractivity contribution in [1.82, 2.24) is 15.1 Å². The van der Waals surface area contributed by atoms with Gasteiger partial charge < -0.3 is 15.1 Å². The van der Waals surface area contributed by atoms with E-state index < -0.39 is 0 Å². The molecular weight excluding hydrogens is 317 g/mol. The number of benzene rings is 2. The molecule has 0 spiro atoms. The van der Waals surface area contributed by atoms with E-state index in [0.29, 0.717) is 18.7 Å². The van der Waals surface area contributed by atoms with Crippen molar-refractivity contribution in [2.24, 2.45) is 0 Å². The number of amides is 2. The van der Waals surface area contributed by atoms with E-state index in [1.165, 1.54) is 11.6 Å². The fraction of sp³-hybridized carbons (Fsp3) is 0.350. The van der Waals surface area contributed by atoms with Crippen LogP contribution in [0.25, 0.3) is 0 Å². The quantitative estimate of drug-likeness (QED) is 0.799. The molecule has 0 heterocycles. The molecule has 4 nitrogen and oxygen atoms in total. The zero-order valence-corrected chi connectivity index (χ0v) is 14.9. The van der Waals surface area contributed by atoms with Gasteiger partial charge in [-0.2, -0.15) is 0 Å². The third-order valence-electron chi connectivity index (χ3n) is 3.96. The molecule has 0 aliphatic heterocycles. The van der Waals surface area contributed by atoms with Crippen LogP contribution in [0, 0.1) is 5.82 Å². The SMILES string of the molecule is CN(C)CCN(Cc1ccccc1F)C(=O)NCCc1ccccc1. The Bertz CT molecular complexity index is 661. The average molecular weight is 343 g/mol. The fourth-order valence-corrected chi connectivity index (χ4v) is 2.48. The molecule has 2 aromatic carbocycles.